The van der Waals surface area contributed by atoms with Gasteiger partial charge in [-0.1, -0.05) is 31.5 Å². The highest BCUT2D eigenvalue weighted by molar-refractivity contribution is 14.0. The number of aliphatic imine (C=N–C) groups is 1. The molecule has 0 heterocycles. The van der Waals surface area contributed by atoms with Crippen molar-refractivity contribution in [2.75, 3.05) is 20.2 Å². The molecule has 0 fully saturated rings. The van der Waals surface area contributed by atoms with Crippen molar-refractivity contribution in [1.29, 1.82) is 0 Å². The summed E-state index contributed by atoms with van der Waals surface area (Å²) in [5, 5.41) is 7.21. The first-order valence-electron chi connectivity index (χ1n) is 6.91. The van der Waals surface area contributed by atoms with Crippen LogP contribution in [-0.2, 0) is 6.54 Å². The lowest BCUT2D eigenvalue weighted by Gasteiger charge is -2.13. The molecular formula is C15H25ClIN3O. The first-order chi connectivity index (χ1) is 9.56. The third-order valence-electron chi connectivity index (χ3n) is 2.68. The first kappa shape index (κ1) is 20.3. The van der Waals surface area contributed by atoms with Gasteiger partial charge in [-0.15, -0.1) is 24.0 Å². The lowest BCUT2D eigenvalue weighted by molar-refractivity contribution is 0.410. The van der Waals surface area contributed by atoms with Gasteiger partial charge in [0.2, 0.25) is 0 Å². The van der Waals surface area contributed by atoms with Gasteiger partial charge in [-0.25, -0.2) is 4.99 Å². The van der Waals surface area contributed by atoms with Gasteiger partial charge in [-0.3, -0.25) is 0 Å². The van der Waals surface area contributed by atoms with Crippen molar-refractivity contribution in [2.24, 2.45) is 10.9 Å². The van der Waals surface area contributed by atoms with E-state index in [1.54, 1.807) is 13.2 Å². The number of benzene rings is 1. The molecule has 0 aromatic heterocycles. The number of ether oxygens (including phenoxy) is 1. The van der Waals surface area contributed by atoms with Crippen LogP contribution < -0.4 is 15.4 Å². The fourth-order valence-electron chi connectivity index (χ4n) is 1.66. The second kappa shape index (κ2) is 11.0. The Labute approximate surface area is 149 Å². The van der Waals surface area contributed by atoms with E-state index in [0.29, 0.717) is 17.5 Å². The third kappa shape index (κ3) is 7.76. The summed E-state index contributed by atoms with van der Waals surface area (Å²) in [7, 11) is 1.64. The molecule has 0 saturated carbocycles. The van der Waals surface area contributed by atoms with Crippen LogP contribution in [0, 0.1) is 5.92 Å². The van der Waals surface area contributed by atoms with Crippen molar-refractivity contribution in [3.05, 3.63) is 28.8 Å². The summed E-state index contributed by atoms with van der Waals surface area (Å²) in [4.78, 5) is 4.57. The van der Waals surface area contributed by atoms with Gasteiger partial charge in [-0.2, -0.15) is 0 Å². The molecule has 0 amide bonds. The minimum Gasteiger partial charge on any atom is -0.496 e. The summed E-state index contributed by atoms with van der Waals surface area (Å²) in [6, 6.07) is 5.60. The SMILES string of the molecule is CCNC(=NCc1ccc(Cl)cc1OC)NCC(C)C.I. The fourth-order valence-corrected chi connectivity index (χ4v) is 1.82. The molecule has 0 bridgehead atoms. The number of halogens is 2. The van der Waals surface area contributed by atoms with Gasteiger partial charge >= 0.3 is 0 Å². The predicted octanol–water partition coefficient (Wildman–Crippen LogP) is 3.68. The van der Waals surface area contributed by atoms with Gasteiger partial charge in [0.15, 0.2) is 5.96 Å². The van der Waals surface area contributed by atoms with Crippen LogP contribution >= 0.6 is 35.6 Å². The highest BCUT2D eigenvalue weighted by Crippen LogP contribution is 2.23. The van der Waals surface area contributed by atoms with Gasteiger partial charge in [0.05, 0.1) is 13.7 Å². The average Bonchev–Trinajstić information content (AvgIpc) is 2.42. The molecule has 120 valence electrons. The van der Waals surface area contributed by atoms with Crippen LogP contribution in [0.3, 0.4) is 0 Å². The molecule has 1 rings (SSSR count). The lowest BCUT2D eigenvalue weighted by atomic mass is 10.2. The second-order valence-corrected chi connectivity index (χ2v) is 5.36. The van der Waals surface area contributed by atoms with Crippen molar-refractivity contribution in [3.8, 4) is 5.75 Å². The molecule has 0 unspecified atom stereocenters. The van der Waals surface area contributed by atoms with E-state index in [1.165, 1.54) is 0 Å². The summed E-state index contributed by atoms with van der Waals surface area (Å²) in [5.74, 6) is 2.16. The monoisotopic (exact) mass is 425 g/mol. The van der Waals surface area contributed by atoms with Crippen molar-refractivity contribution in [3.63, 3.8) is 0 Å². The van der Waals surface area contributed by atoms with Crippen molar-refractivity contribution in [1.82, 2.24) is 10.6 Å². The summed E-state index contributed by atoms with van der Waals surface area (Å²) in [5.41, 5.74) is 1.01. The van der Waals surface area contributed by atoms with Crippen molar-refractivity contribution < 1.29 is 4.74 Å². The van der Waals surface area contributed by atoms with Gasteiger partial charge in [0.25, 0.3) is 0 Å². The van der Waals surface area contributed by atoms with E-state index in [2.05, 4.69) is 36.4 Å². The molecule has 2 N–H and O–H groups in total. The molecule has 0 aliphatic carbocycles. The molecule has 0 saturated heterocycles. The summed E-state index contributed by atoms with van der Waals surface area (Å²) in [6.07, 6.45) is 0. The zero-order chi connectivity index (χ0) is 15.0. The molecule has 1 aromatic rings. The standard InChI is InChI=1S/C15H24ClN3O.HI/c1-5-17-15(18-9-11(2)3)19-10-12-6-7-13(16)8-14(12)20-4;/h6-8,11H,5,9-10H2,1-4H3,(H2,17,18,19);1H. The zero-order valence-electron chi connectivity index (χ0n) is 13.1. The Morgan fingerprint density at radius 1 is 1.33 bits per heavy atom. The zero-order valence-corrected chi connectivity index (χ0v) is 16.2. The predicted molar refractivity (Wildman–Crippen MR) is 101 cm³/mol. The van der Waals surface area contributed by atoms with Crippen LogP contribution in [0.2, 0.25) is 5.02 Å². The molecule has 0 aliphatic heterocycles. The molecular weight excluding hydrogens is 401 g/mol. The Bertz CT molecular complexity index is 453. The van der Waals surface area contributed by atoms with Crippen LogP contribution in [0.25, 0.3) is 0 Å². The van der Waals surface area contributed by atoms with E-state index in [-0.39, 0.29) is 24.0 Å². The van der Waals surface area contributed by atoms with Crippen LogP contribution in [0.4, 0.5) is 0 Å². The van der Waals surface area contributed by atoms with Crippen LogP contribution in [0.5, 0.6) is 5.75 Å². The smallest absolute Gasteiger partial charge is 0.191 e. The number of rotatable bonds is 6. The quantitative estimate of drug-likeness (QED) is 0.415. The minimum absolute atomic E-state index is 0. The highest BCUT2D eigenvalue weighted by atomic mass is 127. The fraction of sp³-hybridized carbons (Fsp3) is 0.533. The second-order valence-electron chi connectivity index (χ2n) is 4.93. The number of guanidine groups is 1. The maximum absolute atomic E-state index is 5.95. The maximum Gasteiger partial charge on any atom is 0.191 e. The normalized spacial score (nSPS) is 11.0. The van der Waals surface area contributed by atoms with Crippen LogP contribution in [-0.4, -0.2) is 26.2 Å². The summed E-state index contributed by atoms with van der Waals surface area (Å²) >= 11 is 5.95. The molecule has 4 nitrogen and oxygen atoms in total. The number of nitrogens with zero attached hydrogens (tertiary/aromatic N) is 1. The van der Waals surface area contributed by atoms with Gasteiger partial charge in [0.1, 0.15) is 5.75 Å². The Hall–Kier alpha value is -0.690. The minimum atomic E-state index is 0. The topological polar surface area (TPSA) is 45.7 Å². The van der Waals surface area contributed by atoms with Crippen LogP contribution in [0.1, 0.15) is 26.3 Å². The van der Waals surface area contributed by atoms with E-state index >= 15 is 0 Å². The molecule has 21 heavy (non-hydrogen) atoms. The first-order valence-corrected chi connectivity index (χ1v) is 7.29. The third-order valence-corrected chi connectivity index (χ3v) is 2.91. The van der Waals surface area contributed by atoms with E-state index in [0.717, 1.165) is 30.4 Å². The number of nitrogens with one attached hydrogen (secondary N) is 2. The molecule has 1 aromatic carbocycles. The van der Waals surface area contributed by atoms with E-state index in [9.17, 15) is 0 Å². The number of hydrogen-bond donors (Lipinski definition) is 2. The summed E-state index contributed by atoms with van der Waals surface area (Å²) < 4.78 is 5.32. The molecule has 0 atom stereocenters. The van der Waals surface area contributed by atoms with Crippen molar-refractivity contribution >= 4 is 41.5 Å². The van der Waals surface area contributed by atoms with Gasteiger partial charge < -0.3 is 15.4 Å². The number of hydrogen-bond acceptors (Lipinski definition) is 2. The molecule has 0 radical (unpaired) electrons. The Kier molecular flexibility index (Phi) is 10.6. The van der Waals surface area contributed by atoms with E-state index in [1.807, 2.05) is 12.1 Å². The Morgan fingerprint density at radius 3 is 2.62 bits per heavy atom. The Morgan fingerprint density at radius 2 is 2.05 bits per heavy atom. The van der Waals surface area contributed by atoms with E-state index in [4.69, 9.17) is 16.3 Å². The van der Waals surface area contributed by atoms with Crippen LogP contribution in [0.15, 0.2) is 23.2 Å². The lowest BCUT2D eigenvalue weighted by Crippen LogP contribution is -2.39. The highest BCUT2D eigenvalue weighted by Gasteiger charge is 2.04. The average molecular weight is 426 g/mol. The maximum atomic E-state index is 5.95. The number of methoxy groups -OCH3 is 1. The Balaban J connectivity index is 0.00000400. The van der Waals surface area contributed by atoms with Crippen molar-refractivity contribution in [2.45, 2.75) is 27.3 Å². The van der Waals surface area contributed by atoms with Gasteiger partial charge in [-0.05, 0) is 25.0 Å². The molecule has 6 heteroatoms. The largest absolute Gasteiger partial charge is 0.496 e. The summed E-state index contributed by atoms with van der Waals surface area (Å²) in [6.45, 7) is 8.66. The van der Waals surface area contributed by atoms with E-state index < -0.39 is 0 Å². The molecule has 0 spiro atoms. The molecule has 0 aliphatic rings. The van der Waals surface area contributed by atoms with Gasteiger partial charge in [0, 0.05) is 23.7 Å².